The van der Waals surface area contributed by atoms with Crippen LogP contribution in [0.15, 0.2) is 25.0 Å². The standard InChI is InChI=1S/C42H84N22O8S2/c1-22(2)73-20-24(43)31(65)59-25(10-5-15-54-38(44)45)32(66)60-26(11-6-16-55-39(46)47)33(67)61-27(12-7-17-56-40(48)49)34(68)62-28(13-8-18-57-41(50)51)35(69)63-29(14-9-19-58-42(52)53)36(70)64-30(37(71)72)21-74-23(3)4/h22-30H,5-21,43H2,1-4H3,(H,59,65)(H,60,66)(H,61,67)(H,62,68)(H,63,69)(H,64,70)(H,71,72)(H4,44,45,54)(H4,46,47,55)(H4,48,49,56)(H4,50,51,57)(H4,52,53,58)/t24-,25-,26-,27-,28-,29-,30+/m0/s1. The molecule has 30 nitrogen and oxygen atoms in total. The molecule has 32 heteroatoms. The Balaban J connectivity index is 7.14. The number of hydrogen-bond acceptors (Lipinski definition) is 15. The van der Waals surface area contributed by atoms with Gasteiger partial charge in [0.2, 0.25) is 35.4 Å². The summed E-state index contributed by atoms with van der Waals surface area (Å²) in [6, 6.07) is -9.04. The molecule has 422 valence electrons. The number of nitrogens with zero attached hydrogens (tertiary/aromatic N) is 5. The maximum Gasteiger partial charge on any atom is 0.327 e. The van der Waals surface area contributed by atoms with Crippen molar-refractivity contribution in [3.63, 3.8) is 0 Å². The van der Waals surface area contributed by atoms with Crippen LogP contribution in [0.1, 0.15) is 91.9 Å². The number of carboxylic acids is 1. The van der Waals surface area contributed by atoms with Crippen LogP contribution in [0.5, 0.6) is 0 Å². The SMILES string of the molecule is CC(C)SC[C@H](N)C(=O)N[C@@H](CCCN=C(N)N)C(=O)N[C@@H](CCCN=C(N)N)C(=O)N[C@@H](CCCN=C(N)N)C(=O)N[C@@H](CCCN=C(N)N)C(=O)N[C@@H](CCCN=C(N)N)C(=O)N[C@H](CSC(C)C)C(=O)O. The van der Waals surface area contributed by atoms with Crippen LogP contribution < -0.4 is 95.0 Å². The highest BCUT2D eigenvalue weighted by molar-refractivity contribution is 8.00. The summed E-state index contributed by atoms with van der Waals surface area (Å²) in [6.45, 7) is 7.86. The van der Waals surface area contributed by atoms with Gasteiger partial charge in [-0.3, -0.25) is 53.7 Å². The molecule has 0 aliphatic carbocycles. The topological polar surface area (TPSA) is 560 Å². The number of nitrogens with two attached hydrogens (primary N) is 11. The Morgan fingerprint density at radius 2 is 0.595 bits per heavy atom. The van der Waals surface area contributed by atoms with Gasteiger partial charge in [-0.25, -0.2) is 4.79 Å². The molecule has 0 aromatic carbocycles. The number of thioether (sulfide) groups is 2. The van der Waals surface area contributed by atoms with Gasteiger partial charge in [-0.15, -0.1) is 0 Å². The fourth-order valence-electron chi connectivity index (χ4n) is 6.34. The van der Waals surface area contributed by atoms with Crippen molar-refractivity contribution < 1.29 is 38.7 Å². The molecular weight excluding hydrogens is 1000 g/mol. The molecule has 0 aliphatic rings. The van der Waals surface area contributed by atoms with Gasteiger partial charge in [-0.1, -0.05) is 27.7 Å². The molecule has 0 aliphatic heterocycles. The van der Waals surface area contributed by atoms with Gasteiger partial charge in [0, 0.05) is 44.2 Å². The van der Waals surface area contributed by atoms with Crippen molar-refractivity contribution in [2.75, 3.05) is 44.2 Å². The molecule has 0 saturated carbocycles. The first-order valence-corrected chi connectivity index (χ1v) is 26.1. The highest BCUT2D eigenvalue weighted by Gasteiger charge is 2.34. The summed E-state index contributed by atoms with van der Waals surface area (Å²) in [5.41, 5.74) is 61.2. The first-order valence-electron chi connectivity index (χ1n) is 24.0. The van der Waals surface area contributed by atoms with E-state index in [2.05, 4.69) is 56.9 Å². The largest absolute Gasteiger partial charge is 0.480 e. The quantitative estimate of drug-likeness (QED) is 0.0155. The van der Waals surface area contributed by atoms with Gasteiger partial charge < -0.3 is 100 Å². The van der Waals surface area contributed by atoms with E-state index in [1.54, 1.807) is 0 Å². The van der Waals surface area contributed by atoms with Gasteiger partial charge in [0.05, 0.1) is 6.04 Å². The number of guanidine groups is 5. The minimum atomic E-state index is -1.41. The third-order valence-corrected chi connectivity index (χ3v) is 12.5. The summed E-state index contributed by atoms with van der Waals surface area (Å²) in [5.74, 6) is -6.90. The van der Waals surface area contributed by atoms with E-state index in [1.165, 1.54) is 23.5 Å². The van der Waals surface area contributed by atoms with Crippen LogP contribution in [0.3, 0.4) is 0 Å². The molecule has 74 heavy (non-hydrogen) atoms. The van der Waals surface area contributed by atoms with Gasteiger partial charge in [0.25, 0.3) is 0 Å². The maximum atomic E-state index is 14.4. The number of carboxylic acid groups (broad SMARTS) is 1. The molecule has 0 heterocycles. The van der Waals surface area contributed by atoms with Crippen LogP contribution in [0.25, 0.3) is 0 Å². The third-order valence-electron chi connectivity index (χ3n) is 10.0. The molecule has 0 radical (unpaired) electrons. The number of rotatable bonds is 39. The highest BCUT2D eigenvalue weighted by Crippen LogP contribution is 2.13. The molecule has 29 N–H and O–H groups in total. The molecule has 0 aromatic rings. The number of nitrogens with one attached hydrogen (secondary N) is 6. The second kappa shape index (κ2) is 38.0. The van der Waals surface area contributed by atoms with Crippen LogP contribution in [-0.2, 0) is 33.6 Å². The van der Waals surface area contributed by atoms with Crippen molar-refractivity contribution in [3.8, 4) is 0 Å². The Hall–Kier alpha value is -6.70. The zero-order valence-corrected chi connectivity index (χ0v) is 44.6. The number of carbonyl (C=O) groups excluding carboxylic acids is 6. The molecule has 6 amide bonds. The monoisotopic (exact) mass is 1090 g/mol. The van der Waals surface area contributed by atoms with Crippen molar-refractivity contribution in [2.45, 2.75) is 145 Å². The van der Waals surface area contributed by atoms with E-state index in [9.17, 15) is 38.7 Å². The highest BCUT2D eigenvalue weighted by atomic mass is 32.2. The lowest BCUT2D eigenvalue weighted by molar-refractivity contribution is -0.141. The maximum absolute atomic E-state index is 14.4. The minimum Gasteiger partial charge on any atom is -0.480 e. The fraction of sp³-hybridized carbons (Fsp3) is 0.714. The second-order valence-electron chi connectivity index (χ2n) is 17.3. The zero-order chi connectivity index (χ0) is 56.3. The summed E-state index contributed by atoms with van der Waals surface area (Å²) in [4.78, 5) is 116. The Morgan fingerprint density at radius 3 is 0.811 bits per heavy atom. The van der Waals surface area contributed by atoms with Crippen LogP contribution in [0, 0.1) is 0 Å². The van der Waals surface area contributed by atoms with Crippen molar-refractivity contribution >= 4 is 94.7 Å². The number of aliphatic carboxylic acids is 1. The fourth-order valence-corrected chi connectivity index (χ4v) is 7.88. The molecule has 7 atom stereocenters. The predicted octanol–water partition coefficient (Wildman–Crippen LogP) is -6.14. The van der Waals surface area contributed by atoms with Crippen molar-refractivity contribution in [3.05, 3.63) is 0 Å². The Bertz CT molecular complexity index is 1920. The predicted molar refractivity (Wildman–Crippen MR) is 292 cm³/mol. The van der Waals surface area contributed by atoms with Crippen LogP contribution in [-0.4, -0.2) is 173 Å². The lowest BCUT2D eigenvalue weighted by Gasteiger charge is -2.28. The lowest BCUT2D eigenvalue weighted by atomic mass is 10.0. The average molecular weight is 1090 g/mol. The molecule has 0 fully saturated rings. The molecule has 0 rings (SSSR count). The van der Waals surface area contributed by atoms with Gasteiger partial charge in [0.15, 0.2) is 29.8 Å². The molecule has 0 saturated heterocycles. The van der Waals surface area contributed by atoms with E-state index in [0.717, 1.165) is 0 Å². The zero-order valence-electron chi connectivity index (χ0n) is 42.9. The molecule has 0 bridgehead atoms. The van der Waals surface area contributed by atoms with E-state index in [4.69, 9.17) is 63.1 Å². The number of carbonyl (C=O) groups is 7. The number of aliphatic imine (C=N–C) groups is 5. The first kappa shape index (κ1) is 67.3. The first-order chi connectivity index (χ1) is 34.7. The molecule has 0 aromatic heterocycles. The summed E-state index contributed by atoms with van der Waals surface area (Å²) in [7, 11) is 0. The normalized spacial score (nSPS) is 13.7. The van der Waals surface area contributed by atoms with Gasteiger partial charge in [0.1, 0.15) is 36.3 Å². The molecule has 0 spiro atoms. The Morgan fingerprint density at radius 1 is 0.378 bits per heavy atom. The lowest BCUT2D eigenvalue weighted by Crippen LogP contribution is -2.60. The Kier molecular flexibility index (Phi) is 34.5. The molecular formula is C42H84N22O8S2. The van der Waals surface area contributed by atoms with Crippen molar-refractivity contribution in [1.82, 2.24) is 31.9 Å². The number of hydrogen-bond donors (Lipinski definition) is 18. The summed E-state index contributed by atoms with van der Waals surface area (Å²) in [6.07, 6.45) is 0.482. The summed E-state index contributed by atoms with van der Waals surface area (Å²) < 4.78 is 0. The summed E-state index contributed by atoms with van der Waals surface area (Å²) >= 11 is 2.75. The molecule has 0 unspecified atom stereocenters. The van der Waals surface area contributed by atoms with E-state index in [-0.39, 0.29) is 149 Å². The van der Waals surface area contributed by atoms with E-state index in [0.29, 0.717) is 0 Å². The van der Waals surface area contributed by atoms with Gasteiger partial charge >= 0.3 is 5.97 Å². The van der Waals surface area contributed by atoms with Crippen molar-refractivity contribution in [2.24, 2.45) is 88.0 Å². The average Bonchev–Trinajstić information content (AvgIpc) is 3.30. The van der Waals surface area contributed by atoms with Gasteiger partial charge in [-0.2, -0.15) is 23.5 Å². The van der Waals surface area contributed by atoms with Crippen LogP contribution in [0.2, 0.25) is 0 Å². The summed E-state index contributed by atoms with van der Waals surface area (Å²) in [5, 5.41) is 25.9. The Labute approximate surface area is 440 Å². The van der Waals surface area contributed by atoms with Crippen LogP contribution >= 0.6 is 23.5 Å². The minimum absolute atomic E-state index is 0.0196. The second-order valence-corrected chi connectivity index (χ2v) is 20.5. The van der Waals surface area contributed by atoms with Crippen molar-refractivity contribution in [1.29, 1.82) is 0 Å². The van der Waals surface area contributed by atoms with E-state index in [1.807, 2.05) is 27.7 Å². The number of amides is 6. The van der Waals surface area contributed by atoms with Crippen LogP contribution in [0.4, 0.5) is 0 Å². The third kappa shape index (κ3) is 33.1. The van der Waals surface area contributed by atoms with E-state index < -0.39 is 83.7 Å². The van der Waals surface area contributed by atoms with Gasteiger partial charge in [-0.05, 0) is 74.7 Å². The smallest absolute Gasteiger partial charge is 0.327 e. The van der Waals surface area contributed by atoms with E-state index >= 15 is 0 Å².